The van der Waals surface area contributed by atoms with Crippen LogP contribution in [-0.4, -0.2) is 46.6 Å². The number of hydrogen-bond acceptors (Lipinski definition) is 5. The molecule has 0 aliphatic carbocycles. The van der Waals surface area contributed by atoms with Crippen LogP contribution in [0.4, 0.5) is 4.79 Å². The topological polar surface area (TPSA) is 114 Å². The van der Waals surface area contributed by atoms with Crippen molar-refractivity contribution in [2.45, 2.75) is 83.9 Å². The Hall–Kier alpha value is -4.14. The predicted octanol–water partition coefficient (Wildman–Crippen LogP) is 5.14. The second-order valence-corrected chi connectivity index (χ2v) is 10.5. The number of carbonyl (C=O) groups is 3. The van der Waals surface area contributed by atoms with E-state index in [2.05, 4.69) is 27.9 Å². The molecule has 0 spiro atoms. The van der Waals surface area contributed by atoms with Crippen molar-refractivity contribution >= 4 is 17.9 Å². The first-order valence-electron chi connectivity index (χ1n) is 15.1. The standard InChI is InChI=1S/C33H45N5O4/c1-2-3-4-5-6-7-8-15-20-34-33(41)37-30(21-29-24-38(26-36-29)23-27-16-11-9-12-17-27)32(40)35-22-31(39)42-25-28-18-13-10-14-19-28/h9-14,16-19,24,26,30H,2-8,15,20-23,25H2,1H3,(H,35,40)(H2,34,37,41)/t30-/m0/s1. The van der Waals surface area contributed by atoms with Gasteiger partial charge in [0, 0.05) is 25.7 Å². The molecule has 3 rings (SSSR count). The van der Waals surface area contributed by atoms with E-state index in [1.54, 1.807) is 6.33 Å². The van der Waals surface area contributed by atoms with Gasteiger partial charge in [0.1, 0.15) is 19.2 Å². The van der Waals surface area contributed by atoms with Gasteiger partial charge in [0.25, 0.3) is 0 Å². The maximum absolute atomic E-state index is 13.1. The molecule has 0 aliphatic heterocycles. The SMILES string of the molecule is CCCCCCCCCCNC(=O)N[C@@H](Cc1cn(Cc2ccccc2)cn1)C(=O)NCC(=O)OCc1ccccc1. The number of amides is 3. The van der Waals surface area contributed by atoms with Crippen molar-refractivity contribution < 1.29 is 19.1 Å². The number of hydrogen-bond donors (Lipinski definition) is 3. The molecule has 3 amide bonds. The zero-order valence-corrected chi connectivity index (χ0v) is 24.7. The maximum Gasteiger partial charge on any atom is 0.325 e. The van der Waals surface area contributed by atoms with Gasteiger partial charge < -0.3 is 25.3 Å². The van der Waals surface area contributed by atoms with Crippen molar-refractivity contribution in [2.75, 3.05) is 13.1 Å². The fraction of sp³-hybridized carbons (Fsp3) is 0.455. The average molecular weight is 576 g/mol. The minimum Gasteiger partial charge on any atom is -0.460 e. The highest BCUT2D eigenvalue weighted by molar-refractivity contribution is 5.89. The van der Waals surface area contributed by atoms with Crippen molar-refractivity contribution in [3.05, 3.63) is 90.0 Å². The molecular formula is C33H45N5O4. The van der Waals surface area contributed by atoms with Crippen LogP contribution in [0.3, 0.4) is 0 Å². The summed E-state index contributed by atoms with van der Waals surface area (Å²) in [6.07, 6.45) is 13.2. The molecule has 0 unspecified atom stereocenters. The second kappa shape index (κ2) is 19.1. The number of nitrogens with one attached hydrogen (secondary N) is 3. The molecule has 3 aromatic rings. The van der Waals surface area contributed by atoms with Crippen molar-refractivity contribution in [1.29, 1.82) is 0 Å². The number of unbranched alkanes of at least 4 members (excludes halogenated alkanes) is 7. The smallest absolute Gasteiger partial charge is 0.325 e. The van der Waals surface area contributed by atoms with Gasteiger partial charge in [0.15, 0.2) is 0 Å². The van der Waals surface area contributed by atoms with Crippen molar-refractivity contribution in [3.63, 3.8) is 0 Å². The lowest BCUT2D eigenvalue weighted by molar-refractivity contribution is -0.145. The van der Waals surface area contributed by atoms with E-state index in [1.807, 2.05) is 71.4 Å². The van der Waals surface area contributed by atoms with Crippen LogP contribution in [0.2, 0.25) is 0 Å². The Labute approximate surface area is 249 Å². The summed E-state index contributed by atoms with van der Waals surface area (Å²) in [7, 11) is 0. The van der Waals surface area contributed by atoms with E-state index in [-0.39, 0.29) is 19.6 Å². The number of ether oxygens (including phenoxy) is 1. The predicted molar refractivity (Wildman–Crippen MR) is 164 cm³/mol. The van der Waals surface area contributed by atoms with Gasteiger partial charge in [-0.15, -0.1) is 0 Å². The van der Waals surface area contributed by atoms with Gasteiger partial charge in [-0.25, -0.2) is 9.78 Å². The van der Waals surface area contributed by atoms with Crippen LogP contribution in [-0.2, 0) is 33.9 Å². The zero-order chi connectivity index (χ0) is 29.8. The Morgan fingerprint density at radius 1 is 0.833 bits per heavy atom. The molecular weight excluding hydrogens is 530 g/mol. The molecule has 1 aromatic heterocycles. The monoisotopic (exact) mass is 575 g/mol. The molecule has 0 saturated carbocycles. The van der Waals surface area contributed by atoms with Crippen LogP contribution in [0.25, 0.3) is 0 Å². The minimum absolute atomic E-state index is 0.122. The number of aromatic nitrogens is 2. The molecule has 0 radical (unpaired) electrons. The fourth-order valence-electron chi connectivity index (χ4n) is 4.55. The summed E-state index contributed by atoms with van der Waals surface area (Å²) < 4.78 is 7.19. The third-order valence-corrected chi connectivity index (χ3v) is 6.90. The van der Waals surface area contributed by atoms with Crippen LogP contribution >= 0.6 is 0 Å². The lowest BCUT2D eigenvalue weighted by atomic mass is 10.1. The molecule has 9 nitrogen and oxygen atoms in total. The molecule has 0 bridgehead atoms. The van der Waals surface area contributed by atoms with Crippen molar-refractivity contribution in [3.8, 4) is 0 Å². The Morgan fingerprint density at radius 3 is 2.17 bits per heavy atom. The summed E-state index contributed by atoms with van der Waals surface area (Å²) in [5, 5.41) is 8.23. The summed E-state index contributed by atoms with van der Waals surface area (Å²) >= 11 is 0. The van der Waals surface area contributed by atoms with E-state index < -0.39 is 23.9 Å². The Bertz CT molecular complexity index is 1200. The first-order valence-corrected chi connectivity index (χ1v) is 15.1. The Balaban J connectivity index is 1.49. The minimum atomic E-state index is -0.912. The summed E-state index contributed by atoms with van der Waals surface area (Å²) in [5.74, 6) is -1.04. The van der Waals surface area contributed by atoms with Crippen molar-refractivity contribution in [2.24, 2.45) is 0 Å². The number of urea groups is 1. The number of imidazole rings is 1. The molecule has 42 heavy (non-hydrogen) atoms. The Kier molecular flexibility index (Phi) is 14.7. The largest absolute Gasteiger partial charge is 0.460 e. The molecule has 226 valence electrons. The van der Waals surface area contributed by atoms with Crippen LogP contribution in [0.1, 0.15) is 75.1 Å². The number of esters is 1. The van der Waals surface area contributed by atoms with Gasteiger partial charge in [0.2, 0.25) is 5.91 Å². The molecule has 2 aromatic carbocycles. The van der Waals surface area contributed by atoms with Crippen LogP contribution in [0.15, 0.2) is 73.2 Å². The summed E-state index contributed by atoms with van der Waals surface area (Å²) in [6, 6.07) is 18.0. The van der Waals surface area contributed by atoms with Gasteiger partial charge in [-0.2, -0.15) is 0 Å². The fourth-order valence-corrected chi connectivity index (χ4v) is 4.55. The van der Waals surface area contributed by atoms with Crippen LogP contribution in [0.5, 0.6) is 0 Å². The molecule has 0 saturated heterocycles. The normalized spacial score (nSPS) is 11.5. The van der Waals surface area contributed by atoms with E-state index in [4.69, 9.17) is 4.74 Å². The number of nitrogens with zero attached hydrogens (tertiary/aromatic N) is 2. The zero-order valence-electron chi connectivity index (χ0n) is 24.7. The van der Waals surface area contributed by atoms with Gasteiger partial charge >= 0.3 is 12.0 Å². The molecule has 0 aliphatic rings. The van der Waals surface area contributed by atoms with E-state index >= 15 is 0 Å². The summed E-state index contributed by atoms with van der Waals surface area (Å²) in [6.45, 7) is 3.21. The summed E-state index contributed by atoms with van der Waals surface area (Å²) in [4.78, 5) is 42.5. The second-order valence-electron chi connectivity index (χ2n) is 10.5. The number of carbonyl (C=O) groups excluding carboxylic acids is 3. The molecule has 1 heterocycles. The van der Waals surface area contributed by atoms with Crippen LogP contribution in [0, 0.1) is 0 Å². The quantitative estimate of drug-likeness (QED) is 0.135. The van der Waals surface area contributed by atoms with Gasteiger partial charge in [0.05, 0.1) is 12.0 Å². The van der Waals surface area contributed by atoms with E-state index in [1.165, 1.54) is 32.1 Å². The lowest BCUT2D eigenvalue weighted by Gasteiger charge is -2.18. The summed E-state index contributed by atoms with van der Waals surface area (Å²) in [5.41, 5.74) is 2.64. The van der Waals surface area contributed by atoms with E-state index in [0.29, 0.717) is 18.8 Å². The lowest BCUT2D eigenvalue weighted by Crippen LogP contribution is -2.52. The maximum atomic E-state index is 13.1. The Morgan fingerprint density at radius 2 is 1.48 bits per heavy atom. The van der Waals surface area contributed by atoms with Gasteiger partial charge in [-0.3, -0.25) is 9.59 Å². The highest BCUT2D eigenvalue weighted by Crippen LogP contribution is 2.09. The highest BCUT2D eigenvalue weighted by atomic mass is 16.5. The van der Waals surface area contributed by atoms with E-state index in [9.17, 15) is 14.4 Å². The van der Waals surface area contributed by atoms with Crippen LogP contribution < -0.4 is 16.0 Å². The molecule has 1 atom stereocenters. The first kappa shape index (κ1) is 32.4. The third kappa shape index (κ3) is 13.0. The number of benzene rings is 2. The van der Waals surface area contributed by atoms with Crippen molar-refractivity contribution in [1.82, 2.24) is 25.5 Å². The highest BCUT2D eigenvalue weighted by Gasteiger charge is 2.23. The molecule has 9 heteroatoms. The average Bonchev–Trinajstić information content (AvgIpc) is 3.45. The first-order chi connectivity index (χ1) is 20.5. The molecule has 3 N–H and O–H groups in total. The molecule has 0 fully saturated rings. The van der Waals surface area contributed by atoms with Gasteiger partial charge in [-0.05, 0) is 17.5 Å². The third-order valence-electron chi connectivity index (χ3n) is 6.90. The van der Waals surface area contributed by atoms with E-state index in [0.717, 1.165) is 30.4 Å². The number of rotatable bonds is 19. The van der Waals surface area contributed by atoms with Gasteiger partial charge in [-0.1, -0.05) is 113 Å².